The number of hydrogen-bond donors (Lipinski definition) is 1. The standard InChI is InChI=1S/C37H59NO9/c1-8-38-32(41)12-9-23(3)27-10-11-28-33-29(20-31(35(27,28)7)43-25(5)40)34(6)17-18-37(21-26(34)19-30(33)42-24(4)39)46-44-36(45-47-37)15-13-22(2)14-16-36/h22-23,26-31,33H,8-21H2,1-7H3,(H,38,41)/t22?,23?,26-,27-,28?,29?,30?,31+,33?,34+,35-,36?,37?/m1/s1. The van der Waals surface area contributed by atoms with E-state index in [1.54, 1.807) is 0 Å². The summed E-state index contributed by atoms with van der Waals surface area (Å²) >= 11 is 0. The molecule has 2 spiro atoms. The molecule has 1 N–H and O–H groups in total. The molecule has 6 rings (SSSR count). The summed E-state index contributed by atoms with van der Waals surface area (Å²) in [6.07, 6.45) is 9.76. The van der Waals surface area contributed by atoms with E-state index in [-0.39, 0.29) is 70.5 Å². The minimum atomic E-state index is -0.997. The Labute approximate surface area is 280 Å². The van der Waals surface area contributed by atoms with Crippen molar-refractivity contribution in [3.05, 3.63) is 0 Å². The largest absolute Gasteiger partial charge is 0.462 e. The number of hydrogen-bond acceptors (Lipinski definition) is 9. The minimum absolute atomic E-state index is 0.0840. The molecule has 1 saturated heterocycles. The third-order valence-electron chi connectivity index (χ3n) is 14.0. The Bertz CT molecular complexity index is 1170. The maximum atomic E-state index is 12.7. The van der Waals surface area contributed by atoms with Gasteiger partial charge in [-0.25, -0.2) is 0 Å². The molecule has 266 valence electrons. The molecule has 10 nitrogen and oxygen atoms in total. The Balaban J connectivity index is 1.26. The van der Waals surface area contributed by atoms with E-state index < -0.39 is 11.6 Å². The van der Waals surface area contributed by atoms with Crippen molar-refractivity contribution >= 4 is 17.8 Å². The molecule has 0 aromatic heterocycles. The Morgan fingerprint density at radius 1 is 0.851 bits per heavy atom. The summed E-state index contributed by atoms with van der Waals surface area (Å²) in [7, 11) is 0. The Morgan fingerprint density at radius 3 is 2.15 bits per heavy atom. The van der Waals surface area contributed by atoms with Crippen molar-refractivity contribution in [1.82, 2.24) is 5.32 Å². The third-order valence-corrected chi connectivity index (χ3v) is 14.0. The maximum absolute atomic E-state index is 12.7. The first-order valence-corrected chi connectivity index (χ1v) is 18.6. The summed E-state index contributed by atoms with van der Waals surface area (Å²) in [5.74, 6) is -0.367. The second kappa shape index (κ2) is 13.2. The van der Waals surface area contributed by atoms with Gasteiger partial charge in [0.05, 0.1) is 0 Å². The number of esters is 2. The van der Waals surface area contributed by atoms with Gasteiger partial charge in [-0.15, -0.1) is 0 Å². The van der Waals surface area contributed by atoms with Crippen LogP contribution in [0.25, 0.3) is 0 Å². The summed E-state index contributed by atoms with van der Waals surface area (Å²) in [6.45, 7) is 14.8. The third kappa shape index (κ3) is 6.38. The van der Waals surface area contributed by atoms with E-state index in [4.69, 9.17) is 29.0 Å². The molecule has 5 aliphatic carbocycles. The second-order valence-electron chi connectivity index (χ2n) is 16.8. The van der Waals surface area contributed by atoms with Crippen molar-refractivity contribution in [3.63, 3.8) is 0 Å². The molecule has 0 aromatic rings. The van der Waals surface area contributed by atoms with Gasteiger partial charge in [-0.1, -0.05) is 27.7 Å². The van der Waals surface area contributed by atoms with Crippen molar-refractivity contribution in [2.24, 2.45) is 52.3 Å². The van der Waals surface area contributed by atoms with Gasteiger partial charge in [0.25, 0.3) is 0 Å². The van der Waals surface area contributed by atoms with Gasteiger partial charge >= 0.3 is 11.9 Å². The molecule has 47 heavy (non-hydrogen) atoms. The molecule has 0 bridgehead atoms. The number of carbonyl (C=O) groups is 3. The van der Waals surface area contributed by atoms with Crippen molar-refractivity contribution in [2.45, 2.75) is 156 Å². The number of carbonyl (C=O) groups excluding carboxylic acids is 3. The average molecular weight is 662 g/mol. The fraction of sp³-hybridized carbons (Fsp3) is 0.919. The van der Waals surface area contributed by atoms with E-state index in [9.17, 15) is 14.4 Å². The lowest BCUT2D eigenvalue weighted by atomic mass is 9.42. The van der Waals surface area contributed by atoms with E-state index in [1.165, 1.54) is 13.8 Å². The average Bonchev–Trinajstić information content (AvgIpc) is 3.38. The van der Waals surface area contributed by atoms with Crippen LogP contribution < -0.4 is 5.32 Å². The smallest absolute Gasteiger partial charge is 0.302 e. The molecule has 10 heteroatoms. The zero-order valence-corrected chi connectivity index (χ0v) is 29.8. The Hall–Kier alpha value is -1.75. The quantitative estimate of drug-likeness (QED) is 0.232. The van der Waals surface area contributed by atoms with Gasteiger partial charge in [-0.3, -0.25) is 14.4 Å². The highest BCUT2D eigenvalue weighted by molar-refractivity contribution is 5.75. The van der Waals surface area contributed by atoms with Crippen LogP contribution in [0.15, 0.2) is 0 Å². The predicted octanol–water partition coefficient (Wildman–Crippen LogP) is 6.79. The van der Waals surface area contributed by atoms with Crippen molar-refractivity contribution in [2.75, 3.05) is 6.54 Å². The highest BCUT2D eigenvalue weighted by Crippen LogP contribution is 2.70. The zero-order chi connectivity index (χ0) is 33.8. The van der Waals surface area contributed by atoms with Gasteiger partial charge in [-0.05, 0) is 99.2 Å². The number of nitrogens with one attached hydrogen (secondary N) is 1. The zero-order valence-electron chi connectivity index (χ0n) is 29.8. The van der Waals surface area contributed by atoms with Crippen LogP contribution in [0.5, 0.6) is 0 Å². The van der Waals surface area contributed by atoms with Crippen LogP contribution in [0.4, 0.5) is 0 Å². The predicted molar refractivity (Wildman–Crippen MR) is 172 cm³/mol. The normalized spacial score (nSPS) is 46.5. The first-order chi connectivity index (χ1) is 22.2. The first-order valence-electron chi connectivity index (χ1n) is 18.6. The topological polar surface area (TPSA) is 119 Å². The fourth-order valence-electron chi connectivity index (χ4n) is 11.5. The van der Waals surface area contributed by atoms with Crippen molar-refractivity contribution in [3.8, 4) is 0 Å². The van der Waals surface area contributed by atoms with Gasteiger partial charge in [-0.2, -0.15) is 19.6 Å². The molecule has 6 fully saturated rings. The van der Waals surface area contributed by atoms with E-state index in [2.05, 4.69) is 33.0 Å². The Morgan fingerprint density at radius 2 is 1.51 bits per heavy atom. The fourth-order valence-corrected chi connectivity index (χ4v) is 11.5. The van der Waals surface area contributed by atoms with Crippen LogP contribution in [0.3, 0.4) is 0 Å². The number of fused-ring (bicyclic) bond motifs is 5. The van der Waals surface area contributed by atoms with Crippen LogP contribution in [-0.4, -0.2) is 48.2 Å². The minimum Gasteiger partial charge on any atom is -0.462 e. The molecular formula is C37H59NO9. The second-order valence-corrected chi connectivity index (χ2v) is 16.8. The Kier molecular flexibility index (Phi) is 9.84. The summed E-state index contributed by atoms with van der Waals surface area (Å²) in [5, 5.41) is 2.93. The molecule has 0 aromatic carbocycles. The molecule has 0 radical (unpaired) electrons. The number of ether oxygens (including phenoxy) is 2. The van der Waals surface area contributed by atoms with Crippen LogP contribution in [0, 0.1) is 52.3 Å². The highest BCUT2D eigenvalue weighted by atomic mass is 17.4. The molecule has 1 aliphatic heterocycles. The van der Waals surface area contributed by atoms with E-state index >= 15 is 0 Å². The van der Waals surface area contributed by atoms with Crippen LogP contribution in [-0.2, 0) is 43.4 Å². The van der Waals surface area contributed by atoms with Crippen molar-refractivity contribution < 1.29 is 43.4 Å². The lowest BCUT2D eigenvalue weighted by Gasteiger charge is -2.65. The van der Waals surface area contributed by atoms with Crippen LogP contribution in [0.2, 0.25) is 0 Å². The lowest BCUT2D eigenvalue weighted by molar-refractivity contribution is -0.665. The van der Waals surface area contributed by atoms with Crippen LogP contribution in [0.1, 0.15) is 132 Å². The summed E-state index contributed by atoms with van der Waals surface area (Å²) in [5.41, 5.74) is -0.385. The molecule has 1 heterocycles. The summed E-state index contributed by atoms with van der Waals surface area (Å²) in [4.78, 5) is 62.2. The lowest BCUT2D eigenvalue weighted by Crippen LogP contribution is -2.65. The molecular weight excluding hydrogens is 602 g/mol. The molecule has 1 amide bonds. The SMILES string of the molecule is CCNC(=O)CCC(C)[C@H]1CCC2C3C(OC(C)=O)C[C@@H]4CC5(CC[C@]4(C)C3C[C@H](OC(C)=O)[C@@]21C)OOC1(CCC(C)CC1)OO5. The first kappa shape index (κ1) is 35.1. The number of rotatable bonds is 7. The van der Waals surface area contributed by atoms with Crippen molar-refractivity contribution in [1.29, 1.82) is 0 Å². The summed E-state index contributed by atoms with van der Waals surface area (Å²) < 4.78 is 12.6. The van der Waals surface area contributed by atoms with Gasteiger partial charge < -0.3 is 14.8 Å². The number of amides is 1. The van der Waals surface area contributed by atoms with Gasteiger partial charge in [0.15, 0.2) is 0 Å². The van der Waals surface area contributed by atoms with Crippen LogP contribution >= 0.6 is 0 Å². The summed E-state index contributed by atoms with van der Waals surface area (Å²) in [6, 6.07) is 0. The monoisotopic (exact) mass is 661 g/mol. The van der Waals surface area contributed by atoms with E-state index in [1.807, 2.05) is 6.92 Å². The molecule has 5 unspecified atom stereocenters. The maximum Gasteiger partial charge on any atom is 0.302 e. The van der Waals surface area contributed by atoms with Gasteiger partial charge in [0.2, 0.25) is 17.5 Å². The van der Waals surface area contributed by atoms with Gasteiger partial charge in [0, 0.05) is 63.8 Å². The molecule has 6 aliphatic rings. The molecule has 10 atom stereocenters. The molecule has 5 saturated carbocycles. The highest BCUT2D eigenvalue weighted by Gasteiger charge is 2.69. The van der Waals surface area contributed by atoms with Gasteiger partial charge in [0.1, 0.15) is 12.2 Å². The van der Waals surface area contributed by atoms with E-state index in [0.29, 0.717) is 37.6 Å². The van der Waals surface area contributed by atoms with E-state index in [0.717, 1.165) is 64.2 Å².